The Balaban J connectivity index is 0.895. The van der Waals surface area contributed by atoms with E-state index in [9.17, 15) is 0 Å². The Hall–Kier alpha value is -8.99. The maximum Gasteiger partial charge on any atom is 0.164 e. The molecule has 0 saturated heterocycles. The molecule has 4 heteroatoms. The first-order chi connectivity index (χ1) is 37.2. The van der Waals surface area contributed by atoms with Gasteiger partial charge < -0.3 is 4.90 Å². The van der Waals surface area contributed by atoms with Crippen molar-refractivity contribution >= 4 is 17.1 Å². The number of anilines is 3. The van der Waals surface area contributed by atoms with Crippen LogP contribution in [-0.4, -0.2) is 15.0 Å². The summed E-state index contributed by atoms with van der Waals surface area (Å²) >= 11 is 0. The highest BCUT2D eigenvalue weighted by Crippen LogP contribution is 2.64. The lowest BCUT2D eigenvalue weighted by atomic mass is 9.69. The zero-order chi connectivity index (χ0) is 49.8. The number of rotatable bonds is 9. The molecule has 0 N–H and O–H groups in total. The summed E-state index contributed by atoms with van der Waals surface area (Å²) in [4.78, 5) is 17.6. The third kappa shape index (κ3) is 7.38. The van der Waals surface area contributed by atoms with Gasteiger partial charge in [0.05, 0.1) is 11.1 Å². The maximum atomic E-state index is 5.08. The molecule has 75 heavy (non-hydrogen) atoms. The van der Waals surface area contributed by atoms with Gasteiger partial charge in [-0.3, -0.25) is 0 Å². The van der Waals surface area contributed by atoms with Crippen molar-refractivity contribution < 1.29 is 0 Å². The monoisotopic (exact) mass is 962 g/mol. The Morgan fingerprint density at radius 1 is 0.293 bits per heavy atom. The van der Waals surface area contributed by atoms with Crippen molar-refractivity contribution in [3.05, 3.63) is 288 Å². The third-order valence-corrected chi connectivity index (χ3v) is 16.5. The van der Waals surface area contributed by atoms with Gasteiger partial charge in [-0.15, -0.1) is 0 Å². The second-order valence-electron chi connectivity index (χ2n) is 20.5. The SMILES string of the molecule is c1ccc(-c2ccc(N(c3ccc(C4(c5ccc(-c6nc(-c7ccccc7)nc(-c7ccccc7)n6)cc5)CCCCCC4)cc3)c3cccc4c3-c3ccccc3C43c4ccccc4-c4ccccc43)cc2)cc1. The zero-order valence-corrected chi connectivity index (χ0v) is 41.8. The number of aromatic nitrogens is 3. The van der Waals surface area contributed by atoms with Crippen molar-refractivity contribution in [3.8, 4) is 67.5 Å². The Labute approximate surface area is 439 Å². The number of nitrogens with zero attached hydrogens (tertiary/aromatic N) is 4. The smallest absolute Gasteiger partial charge is 0.164 e. The minimum atomic E-state index is -0.443. The summed E-state index contributed by atoms with van der Waals surface area (Å²) in [7, 11) is 0. The van der Waals surface area contributed by atoms with E-state index in [2.05, 4.69) is 223 Å². The van der Waals surface area contributed by atoms with Gasteiger partial charge in [0.1, 0.15) is 0 Å². The zero-order valence-electron chi connectivity index (χ0n) is 41.8. The van der Waals surface area contributed by atoms with E-state index in [0.717, 1.165) is 40.9 Å². The molecular formula is C71H54N4. The summed E-state index contributed by atoms with van der Waals surface area (Å²) in [5, 5.41) is 0. The lowest BCUT2D eigenvalue weighted by molar-refractivity contribution is 0.446. The van der Waals surface area contributed by atoms with Crippen molar-refractivity contribution in [2.75, 3.05) is 4.90 Å². The average molecular weight is 963 g/mol. The Kier molecular flexibility index (Phi) is 11.0. The molecule has 3 aliphatic carbocycles. The standard InChI is InChI=1S/C71H54N4/c1-2-19-48-70(47-18-1,54-39-35-53(36-40-54)69-73-67(51-23-8-4-9-24-51)72-68(74-69)52-25-10-5-11-26-52)55-41-45-57(46-42-55)75(56-43-37-50(38-44-56)49-21-6-3-7-22-49)65-34-20-33-64-66(65)60-29-14-17-32-63(60)71(64)61-30-15-12-27-58(61)59-28-13-16-31-62(59)71/h3-17,20-46H,1-2,18-19,47-48H2. The number of hydrogen-bond donors (Lipinski definition) is 0. The van der Waals surface area contributed by atoms with Crippen LogP contribution in [0.25, 0.3) is 67.5 Å². The summed E-state index contributed by atoms with van der Waals surface area (Å²) < 4.78 is 0. The summed E-state index contributed by atoms with van der Waals surface area (Å²) in [6, 6.07) is 93.4. The molecule has 0 aliphatic heterocycles. The van der Waals surface area contributed by atoms with Gasteiger partial charge in [0.2, 0.25) is 0 Å². The third-order valence-electron chi connectivity index (χ3n) is 16.5. The van der Waals surface area contributed by atoms with E-state index in [-0.39, 0.29) is 5.41 Å². The summed E-state index contributed by atoms with van der Waals surface area (Å²) in [5.74, 6) is 2.01. The molecule has 11 aromatic rings. The normalized spacial score (nSPS) is 14.6. The van der Waals surface area contributed by atoms with E-state index in [0.29, 0.717) is 17.5 Å². The highest BCUT2D eigenvalue weighted by atomic mass is 15.1. The van der Waals surface area contributed by atoms with Crippen LogP contribution in [0.1, 0.15) is 71.9 Å². The van der Waals surface area contributed by atoms with Gasteiger partial charge in [-0.25, -0.2) is 15.0 Å². The fourth-order valence-corrected chi connectivity index (χ4v) is 13.1. The second-order valence-corrected chi connectivity index (χ2v) is 20.5. The lowest BCUT2D eigenvalue weighted by Crippen LogP contribution is -2.27. The van der Waals surface area contributed by atoms with E-state index in [1.54, 1.807) is 0 Å². The summed E-state index contributed by atoms with van der Waals surface area (Å²) in [6.45, 7) is 0. The molecule has 10 aromatic carbocycles. The molecule has 0 bridgehead atoms. The predicted octanol–water partition coefficient (Wildman–Crippen LogP) is 18.0. The van der Waals surface area contributed by atoms with E-state index >= 15 is 0 Å². The predicted molar refractivity (Wildman–Crippen MR) is 307 cm³/mol. The van der Waals surface area contributed by atoms with Gasteiger partial charge in [0, 0.05) is 39.0 Å². The van der Waals surface area contributed by atoms with E-state index in [1.165, 1.54) is 98.1 Å². The van der Waals surface area contributed by atoms with Crippen molar-refractivity contribution in [1.29, 1.82) is 0 Å². The van der Waals surface area contributed by atoms with Gasteiger partial charge in [-0.1, -0.05) is 250 Å². The molecule has 0 radical (unpaired) electrons. The van der Waals surface area contributed by atoms with Gasteiger partial charge in [-0.05, 0) is 104 Å². The van der Waals surface area contributed by atoms with E-state index in [4.69, 9.17) is 15.0 Å². The summed E-state index contributed by atoms with van der Waals surface area (Å²) in [5.41, 5.74) is 21.4. The number of fused-ring (bicyclic) bond motifs is 10. The van der Waals surface area contributed by atoms with Crippen LogP contribution in [0, 0.1) is 0 Å². The molecule has 0 unspecified atom stereocenters. The molecular weight excluding hydrogens is 909 g/mol. The van der Waals surface area contributed by atoms with Crippen molar-refractivity contribution in [2.24, 2.45) is 0 Å². The quantitative estimate of drug-likeness (QED) is 0.135. The molecule has 14 rings (SSSR count). The molecule has 1 spiro atoms. The molecule has 1 aromatic heterocycles. The fourth-order valence-electron chi connectivity index (χ4n) is 13.1. The Morgan fingerprint density at radius 3 is 1.19 bits per heavy atom. The first-order valence-corrected chi connectivity index (χ1v) is 26.6. The van der Waals surface area contributed by atoms with Crippen LogP contribution < -0.4 is 4.90 Å². The Bertz CT molecular complexity index is 3760. The molecule has 1 fully saturated rings. The molecule has 4 nitrogen and oxygen atoms in total. The molecule has 3 aliphatic rings. The van der Waals surface area contributed by atoms with Crippen LogP contribution >= 0.6 is 0 Å². The molecule has 0 atom stereocenters. The highest BCUT2D eigenvalue weighted by molar-refractivity contribution is 6.01. The van der Waals surface area contributed by atoms with Crippen LogP contribution in [0.5, 0.6) is 0 Å². The van der Waals surface area contributed by atoms with Gasteiger partial charge in [0.25, 0.3) is 0 Å². The molecule has 1 saturated carbocycles. The van der Waals surface area contributed by atoms with E-state index < -0.39 is 5.41 Å². The van der Waals surface area contributed by atoms with Crippen LogP contribution in [0.3, 0.4) is 0 Å². The van der Waals surface area contributed by atoms with Gasteiger partial charge >= 0.3 is 0 Å². The minimum Gasteiger partial charge on any atom is -0.310 e. The van der Waals surface area contributed by atoms with Gasteiger partial charge in [-0.2, -0.15) is 0 Å². The van der Waals surface area contributed by atoms with Crippen molar-refractivity contribution in [3.63, 3.8) is 0 Å². The second kappa shape index (κ2) is 18.5. The van der Waals surface area contributed by atoms with Crippen LogP contribution in [0.15, 0.2) is 255 Å². The Morgan fingerprint density at radius 2 is 0.667 bits per heavy atom. The number of benzene rings is 10. The fraction of sp³-hybridized carbons (Fsp3) is 0.113. The van der Waals surface area contributed by atoms with Crippen LogP contribution in [0.2, 0.25) is 0 Å². The topological polar surface area (TPSA) is 41.9 Å². The van der Waals surface area contributed by atoms with Crippen molar-refractivity contribution in [2.45, 2.75) is 49.4 Å². The van der Waals surface area contributed by atoms with Crippen LogP contribution in [0.4, 0.5) is 17.1 Å². The summed E-state index contributed by atoms with van der Waals surface area (Å²) in [6.07, 6.45) is 7.04. The van der Waals surface area contributed by atoms with E-state index in [1.807, 2.05) is 36.4 Å². The highest BCUT2D eigenvalue weighted by Gasteiger charge is 2.52. The van der Waals surface area contributed by atoms with Gasteiger partial charge in [0.15, 0.2) is 17.5 Å². The van der Waals surface area contributed by atoms with Crippen LogP contribution in [-0.2, 0) is 10.8 Å². The maximum absolute atomic E-state index is 5.08. The van der Waals surface area contributed by atoms with Crippen molar-refractivity contribution in [1.82, 2.24) is 15.0 Å². The molecule has 0 amide bonds. The average Bonchev–Trinajstić information content (AvgIpc) is 3.84. The molecule has 358 valence electrons. The minimum absolute atomic E-state index is 0.151. The first-order valence-electron chi connectivity index (χ1n) is 26.6. The largest absolute Gasteiger partial charge is 0.310 e. The first kappa shape index (κ1) is 44.7. The molecule has 1 heterocycles. The number of hydrogen-bond acceptors (Lipinski definition) is 4. The lowest BCUT2D eigenvalue weighted by Gasteiger charge is -2.35.